The van der Waals surface area contributed by atoms with Crippen LogP contribution >= 0.6 is 11.3 Å². The highest BCUT2D eigenvalue weighted by Crippen LogP contribution is 2.34. The fourth-order valence-corrected chi connectivity index (χ4v) is 5.81. The number of thiophene rings is 1. The zero-order chi connectivity index (χ0) is 18.9. The molecule has 2 aromatic rings. The van der Waals surface area contributed by atoms with Crippen molar-refractivity contribution < 1.29 is 17.9 Å². The van der Waals surface area contributed by atoms with Crippen molar-refractivity contribution in [2.24, 2.45) is 0 Å². The largest absolute Gasteiger partial charge is 0.379 e. The highest BCUT2D eigenvalue weighted by atomic mass is 32.2. The number of carbonyl (C=O) groups is 1. The second-order valence-corrected chi connectivity index (χ2v) is 9.47. The van der Waals surface area contributed by atoms with Crippen LogP contribution in [0.15, 0.2) is 46.0 Å². The summed E-state index contributed by atoms with van der Waals surface area (Å²) in [4.78, 5) is 15.1. The molecule has 1 unspecified atom stereocenters. The molecule has 0 saturated carbocycles. The normalized spacial score (nSPS) is 21.5. The lowest BCUT2D eigenvalue weighted by atomic mass is 10.1. The Hall–Kier alpha value is -1.74. The van der Waals surface area contributed by atoms with Crippen molar-refractivity contribution >= 4 is 27.3 Å². The third-order valence-electron chi connectivity index (χ3n) is 5.15. The lowest BCUT2D eigenvalue weighted by Crippen LogP contribution is -2.40. The molecule has 1 aromatic carbocycles. The first-order valence-electron chi connectivity index (χ1n) is 9.08. The Balaban J connectivity index is 1.52. The Kier molecular flexibility index (Phi) is 5.32. The number of nitrogens with zero attached hydrogens (tertiary/aromatic N) is 2. The molecule has 3 heterocycles. The van der Waals surface area contributed by atoms with Crippen molar-refractivity contribution in [2.45, 2.75) is 23.8 Å². The van der Waals surface area contributed by atoms with Crippen LogP contribution in [-0.4, -0.2) is 56.4 Å². The van der Waals surface area contributed by atoms with Crippen molar-refractivity contribution in [3.05, 3.63) is 52.2 Å². The second-order valence-electron chi connectivity index (χ2n) is 6.75. The fourth-order valence-electron chi connectivity index (χ4n) is 3.69. The Morgan fingerprint density at radius 1 is 1.07 bits per heavy atom. The molecule has 1 aromatic heterocycles. The molecule has 1 atom stereocenters. The topological polar surface area (TPSA) is 66.9 Å². The van der Waals surface area contributed by atoms with Gasteiger partial charge in [0.05, 0.1) is 24.2 Å². The molecule has 8 heteroatoms. The molecule has 2 saturated heterocycles. The molecule has 0 aliphatic carbocycles. The van der Waals surface area contributed by atoms with Gasteiger partial charge in [-0.05, 0) is 59.5 Å². The van der Waals surface area contributed by atoms with Gasteiger partial charge in [-0.1, -0.05) is 0 Å². The maximum absolute atomic E-state index is 13.0. The molecule has 1 amide bonds. The number of sulfonamides is 1. The van der Waals surface area contributed by atoms with Gasteiger partial charge in [0.1, 0.15) is 0 Å². The molecule has 2 aliphatic heterocycles. The van der Waals surface area contributed by atoms with Gasteiger partial charge in [-0.15, -0.1) is 0 Å². The molecule has 6 nitrogen and oxygen atoms in total. The van der Waals surface area contributed by atoms with Crippen LogP contribution in [-0.2, 0) is 14.8 Å². The number of rotatable bonds is 4. The van der Waals surface area contributed by atoms with E-state index in [9.17, 15) is 13.2 Å². The third kappa shape index (κ3) is 3.67. The summed E-state index contributed by atoms with van der Waals surface area (Å²) in [6, 6.07) is 8.50. The molecule has 144 valence electrons. The Morgan fingerprint density at radius 3 is 2.48 bits per heavy atom. The first kappa shape index (κ1) is 18.6. The Morgan fingerprint density at radius 2 is 1.81 bits per heavy atom. The first-order chi connectivity index (χ1) is 13.1. The monoisotopic (exact) mass is 406 g/mol. The highest BCUT2D eigenvalue weighted by molar-refractivity contribution is 7.89. The fraction of sp³-hybridized carbons (Fsp3) is 0.421. The van der Waals surface area contributed by atoms with Gasteiger partial charge in [-0.25, -0.2) is 8.42 Å². The van der Waals surface area contributed by atoms with Crippen LogP contribution in [0, 0.1) is 0 Å². The van der Waals surface area contributed by atoms with E-state index in [1.165, 1.54) is 22.0 Å². The minimum absolute atomic E-state index is 0.0426. The van der Waals surface area contributed by atoms with Crippen LogP contribution in [0.25, 0.3) is 0 Å². The summed E-state index contributed by atoms with van der Waals surface area (Å²) < 4.78 is 32.1. The number of benzene rings is 1. The number of morpholine rings is 1. The van der Waals surface area contributed by atoms with Crippen molar-refractivity contribution in [1.29, 1.82) is 0 Å². The van der Waals surface area contributed by atoms with Gasteiger partial charge in [-0.2, -0.15) is 15.6 Å². The average Bonchev–Trinajstić information content (AvgIpc) is 3.39. The van der Waals surface area contributed by atoms with E-state index in [-0.39, 0.29) is 16.8 Å². The quantitative estimate of drug-likeness (QED) is 0.783. The predicted octanol–water partition coefficient (Wildman–Crippen LogP) is 2.75. The first-order valence-corrected chi connectivity index (χ1v) is 11.5. The van der Waals surface area contributed by atoms with Gasteiger partial charge in [0.2, 0.25) is 10.0 Å². The minimum atomic E-state index is -3.54. The van der Waals surface area contributed by atoms with Crippen molar-refractivity contribution in [2.75, 3.05) is 32.8 Å². The van der Waals surface area contributed by atoms with Gasteiger partial charge < -0.3 is 9.64 Å². The van der Waals surface area contributed by atoms with Crippen LogP contribution in [0.2, 0.25) is 0 Å². The molecule has 4 rings (SSSR count). The SMILES string of the molecule is O=C(c1ccc(S(=O)(=O)N2CCOCC2)cc1)N1CCCC1c1ccsc1. The molecule has 0 bridgehead atoms. The van der Waals surface area contributed by atoms with E-state index in [2.05, 4.69) is 11.4 Å². The predicted molar refractivity (Wildman–Crippen MR) is 103 cm³/mol. The van der Waals surface area contributed by atoms with Gasteiger partial charge in [0, 0.05) is 25.2 Å². The molecule has 0 N–H and O–H groups in total. The lowest BCUT2D eigenvalue weighted by Gasteiger charge is -2.26. The third-order valence-corrected chi connectivity index (χ3v) is 7.77. The second kappa shape index (κ2) is 7.71. The van der Waals surface area contributed by atoms with Gasteiger partial charge in [-0.3, -0.25) is 4.79 Å². The summed E-state index contributed by atoms with van der Waals surface area (Å²) >= 11 is 1.64. The molecule has 0 spiro atoms. The maximum Gasteiger partial charge on any atom is 0.254 e. The summed E-state index contributed by atoms with van der Waals surface area (Å²) in [7, 11) is -3.54. The van der Waals surface area contributed by atoms with Crippen LogP contribution < -0.4 is 0 Å². The average molecular weight is 407 g/mol. The molecular weight excluding hydrogens is 384 g/mol. The number of ether oxygens (including phenoxy) is 1. The minimum Gasteiger partial charge on any atom is -0.379 e. The maximum atomic E-state index is 13.0. The van der Waals surface area contributed by atoms with E-state index >= 15 is 0 Å². The van der Waals surface area contributed by atoms with E-state index in [0.717, 1.165) is 19.4 Å². The molecule has 2 fully saturated rings. The summed E-state index contributed by atoms with van der Waals surface area (Å²) in [5.74, 6) is -0.0426. The van der Waals surface area contributed by atoms with Crippen molar-refractivity contribution in [3.63, 3.8) is 0 Å². The van der Waals surface area contributed by atoms with E-state index in [4.69, 9.17) is 4.74 Å². The molecule has 2 aliphatic rings. The van der Waals surface area contributed by atoms with Crippen molar-refractivity contribution in [3.8, 4) is 0 Å². The zero-order valence-corrected chi connectivity index (χ0v) is 16.5. The molecular formula is C19H22N2O4S2. The van der Waals surface area contributed by atoms with E-state index in [1.807, 2.05) is 10.3 Å². The number of amides is 1. The summed E-state index contributed by atoms with van der Waals surface area (Å²) in [6.07, 6.45) is 1.95. The van der Waals surface area contributed by atoms with Crippen LogP contribution in [0.1, 0.15) is 34.8 Å². The van der Waals surface area contributed by atoms with Crippen LogP contribution in [0.4, 0.5) is 0 Å². The van der Waals surface area contributed by atoms with Gasteiger partial charge >= 0.3 is 0 Å². The zero-order valence-electron chi connectivity index (χ0n) is 14.9. The highest BCUT2D eigenvalue weighted by Gasteiger charge is 2.31. The lowest BCUT2D eigenvalue weighted by molar-refractivity contribution is 0.0730. The number of hydrogen-bond donors (Lipinski definition) is 0. The number of hydrogen-bond acceptors (Lipinski definition) is 5. The molecule has 0 radical (unpaired) electrons. The van der Waals surface area contributed by atoms with E-state index < -0.39 is 10.0 Å². The summed E-state index contributed by atoms with van der Waals surface area (Å²) in [5, 5.41) is 4.12. The van der Waals surface area contributed by atoms with Gasteiger partial charge in [0.25, 0.3) is 5.91 Å². The summed E-state index contributed by atoms with van der Waals surface area (Å²) in [6.45, 7) is 2.27. The number of carbonyl (C=O) groups excluding carboxylic acids is 1. The van der Waals surface area contributed by atoms with Crippen LogP contribution in [0.3, 0.4) is 0 Å². The Bertz CT molecular complexity index is 888. The van der Waals surface area contributed by atoms with Gasteiger partial charge in [0.15, 0.2) is 0 Å². The summed E-state index contributed by atoms with van der Waals surface area (Å²) in [5.41, 5.74) is 1.70. The van der Waals surface area contributed by atoms with E-state index in [1.54, 1.807) is 23.5 Å². The van der Waals surface area contributed by atoms with E-state index in [0.29, 0.717) is 31.9 Å². The van der Waals surface area contributed by atoms with Crippen molar-refractivity contribution in [1.82, 2.24) is 9.21 Å². The number of likely N-dealkylation sites (tertiary alicyclic amines) is 1. The standard InChI is InChI=1S/C19H22N2O4S2/c22-19(21-8-1-2-18(21)16-7-13-26-14-16)15-3-5-17(6-4-15)27(23,24)20-9-11-25-12-10-20/h3-7,13-14,18H,1-2,8-12H2. The smallest absolute Gasteiger partial charge is 0.254 e. The molecule has 27 heavy (non-hydrogen) atoms. The Labute approximate surface area is 163 Å². The van der Waals surface area contributed by atoms with Crippen LogP contribution in [0.5, 0.6) is 0 Å².